The van der Waals surface area contributed by atoms with E-state index >= 15 is 0 Å². The molecule has 5 heteroatoms. The average molecular weight is 291 g/mol. The summed E-state index contributed by atoms with van der Waals surface area (Å²) in [4.78, 5) is 14.3. The van der Waals surface area contributed by atoms with Gasteiger partial charge in [-0.15, -0.1) is 0 Å². The first-order valence-corrected chi connectivity index (χ1v) is 7.45. The van der Waals surface area contributed by atoms with Crippen LogP contribution in [0.25, 0.3) is 0 Å². The van der Waals surface area contributed by atoms with E-state index in [1.54, 1.807) is 6.07 Å². The summed E-state index contributed by atoms with van der Waals surface area (Å²) >= 11 is 0. The zero-order chi connectivity index (χ0) is 15.4. The summed E-state index contributed by atoms with van der Waals surface area (Å²) in [6.45, 7) is 5.58. The van der Waals surface area contributed by atoms with Crippen LogP contribution in [-0.2, 0) is 9.53 Å². The van der Waals surface area contributed by atoms with Gasteiger partial charge in [0.2, 0.25) is 5.91 Å². The second-order valence-corrected chi connectivity index (χ2v) is 5.79. The largest absolute Gasteiger partial charge is 0.399 e. The molecule has 1 aromatic carbocycles. The molecule has 21 heavy (non-hydrogen) atoms. The van der Waals surface area contributed by atoms with Gasteiger partial charge < -0.3 is 20.7 Å². The molecule has 2 rings (SSSR count). The van der Waals surface area contributed by atoms with Gasteiger partial charge >= 0.3 is 0 Å². The maximum atomic E-state index is 12.1. The number of nitrogens with one attached hydrogen (secondary N) is 1. The summed E-state index contributed by atoms with van der Waals surface area (Å²) in [7, 11) is 2.05. The number of carbonyl (C=O) groups is 1. The van der Waals surface area contributed by atoms with Crippen LogP contribution >= 0.6 is 0 Å². The molecule has 0 saturated carbocycles. The van der Waals surface area contributed by atoms with E-state index in [0.29, 0.717) is 18.2 Å². The maximum Gasteiger partial charge on any atom is 0.225 e. The molecule has 2 atom stereocenters. The van der Waals surface area contributed by atoms with Gasteiger partial charge in [0.05, 0.1) is 6.10 Å². The molecular formula is C16H25N3O2. The lowest BCUT2D eigenvalue weighted by molar-refractivity contribution is -0.116. The standard InChI is InChI=1S/C16H25N3O2/c1-11-4-5-13(17)10-14(11)18-16(20)6-8-19(3)15-7-9-21-12(15)2/h4-5,10,12,15H,6-9,17H2,1-3H3,(H,18,20). The van der Waals surface area contributed by atoms with Crippen LogP contribution in [0.3, 0.4) is 0 Å². The van der Waals surface area contributed by atoms with Crippen LogP contribution in [-0.4, -0.2) is 43.2 Å². The third-order valence-electron chi connectivity index (χ3n) is 4.13. The third kappa shape index (κ3) is 4.19. The summed E-state index contributed by atoms with van der Waals surface area (Å²) in [5.74, 6) is 0.0159. The Morgan fingerprint density at radius 3 is 2.95 bits per heavy atom. The average Bonchev–Trinajstić information content (AvgIpc) is 2.86. The zero-order valence-electron chi connectivity index (χ0n) is 13.1. The highest BCUT2D eigenvalue weighted by molar-refractivity contribution is 5.92. The van der Waals surface area contributed by atoms with Crippen LogP contribution in [0.2, 0.25) is 0 Å². The maximum absolute atomic E-state index is 12.1. The normalized spacial score (nSPS) is 21.7. The Balaban J connectivity index is 1.83. The van der Waals surface area contributed by atoms with Crippen molar-refractivity contribution >= 4 is 17.3 Å². The van der Waals surface area contributed by atoms with E-state index in [0.717, 1.165) is 30.8 Å². The van der Waals surface area contributed by atoms with Crippen molar-refractivity contribution < 1.29 is 9.53 Å². The zero-order valence-corrected chi connectivity index (χ0v) is 13.1. The van der Waals surface area contributed by atoms with E-state index in [9.17, 15) is 4.79 Å². The second-order valence-electron chi connectivity index (χ2n) is 5.79. The molecule has 1 aliphatic rings. The third-order valence-corrected chi connectivity index (χ3v) is 4.13. The van der Waals surface area contributed by atoms with Crippen molar-refractivity contribution in [2.75, 3.05) is 31.2 Å². The predicted molar refractivity (Wildman–Crippen MR) is 85.3 cm³/mol. The highest BCUT2D eigenvalue weighted by atomic mass is 16.5. The van der Waals surface area contributed by atoms with Gasteiger partial charge in [-0.05, 0) is 45.0 Å². The first-order valence-electron chi connectivity index (χ1n) is 7.45. The number of nitrogens with two attached hydrogens (primary N) is 1. The fourth-order valence-corrected chi connectivity index (χ4v) is 2.73. The molecule has 116 valence electrons. The molecule has 1 amide bonds. The van der Waals surface area contributed by atoms with Crippen LogP contribution in [0.5, 0.6) is 0 Å². The van der Waals surface area contributed by atoms with E-state index in [4.69, 9.17) is 10.5 Å². The summed E-state index contributed by atoms with van der Waals surface area (Å²) in [5, 5.41) is 2.93. The molecule has 3 N–H and O–H groups in total. The molecule has 0 aliphatic carbocycles. The number of nitrogen functional groups attached to an aromatic ring is 1. The van der Waals surface area contributed by atoms with Gasteiger partial charge in [0, 0.05) is 37.0 Å². The van der Waals surface area contributed by atoms with Crippen molar-refractivity contribution in [1.82, 2.24) is 4.90 Å². The molecule has 2 unspecified atom stereocenters. The number of amides is 1. The number of anilines is 2. The number of rotatable bonds is 5. The molecule has 1 heterocycles. The minimum Gasteiger partial charge on any atom is -0.399 e. The van der Waals surface area contributed by atoms with E-state index < -0.39 is 0 Å². The smallest absolute Gasteiger partial charge is 0.225 e. The molecule has 0 aromatic heterocycles. The van der Waals surface area contributed by atoms with Crippen molar-refractivity contribution in [2.45, 2.75) is 38.8 Å². The summed E-state index contributed by atoms with van der Waals surface area (Å²) in [5.41, 5.74) is 8.22. The fraction of sp³-hybridized carbons (Fsp3) is 0.562. The van der Waals surface area contributed by atoms with Gasteiger partial charge in [-0.2, -0.15) is 0 Å². The van der Waals surface area contributed by atoms with E-state index in [1.165, 1.54) is 0 Å². The minimum atomic E-state index is 0.0159. The Morgan fingerprint density at radius 2 is 2.29 bits per heavy atom. The van der Waals surface area contributed by atoms with Gasteiger partial charge in [-0.25, -0.2) is 0 Å². The van der Waals surface area contributed by atoms with Crippen LogP contribution in [0.4, 0.5) is 11.4 Å². The van der Waals surface area contributed by atoms with Crippen LogP contribution in [0.1, 0.15) is 25.3 Å². The monoisotopic (exact) mass is 291 g/mol. The molecule has 1 aliphatic heterocycles. The molecule has 0 bridgehead atoms. The molecule has 1 fully saturated rings. The number of carbonyl (C=O) groups excluding carboxylic acids is 1. The summed E-state index contributed by atoms with van der Waals surface area (Å²) < 4.78 is 5.56. The van der Waals surface area contributed by atoms with Crippen LogP contribution < -0.4 is 11.1 Å². The highest BCUT2D eigenvalue weighted by Crippen LogP contribution is 2.20. The number of aryl methyl sites for hydroxylation is 1. The molecule has 1 saturated heterocycles. The number of ether oxygens (including phenoxy) is 1. The topological polar surface area (TPSA) is 67.6 Å². The van der Waals surface area contributed by atoms with Crippen LogP contribution in [0, 0.1) is 6.92 Å². The number of likely N-dealkylation sites (N-methyl/N-ethyl adjacent to an activating group) is 1. The van der Waals surface area contributed by atoms with Gasteiger partial charge in [-0.3, -0.25) is 4.79 Å². The fourth-order valence-electron chi connectivity index (χ4n) is 2.73. The molecule has 0 spiro atoms. The van der Waals surface area contributed by atoms with Crippen molar-refractivity contribution in [2.24, 2.45) is 0 Å². The quantitative estimate of drug-likeness (QED) is 0.814. The first kappa shape index (κ1) is 15.8. The first-order chi connectivity index (χ1) is 9.97. The predicted octanol–water partition coefficient (Wildman–Crippen LogP) is 2.02. The Morgan fingerprint density at radius 1 is 1.52 bits per heavy atom. The van der Waals surface area contributed by atoms with E-state index in [1.807, 2.05) is 19.1 Å². The molecular weight excluding hydrogens is 266 g/mol. The number of hydrogen-bond donors (Lipinski definition) is 2. The summed E-state index contributed by atoms with van der Waals surface area (Å²) in [6.07, 6.45) is 1.75. The Labute approximate surface area is 126 Å². The SMILES string of the molecule is Cc1ccc(N)cc1NC(=O)CCN(C)C1CCOC1C. The molecule has 1 aromatic rings. The van der Waals surface area contributed by atoms with E-state index in [-0.39, 0.29) is 12.0 Å². The van der Waals surface area contributed by atoms with Crippen molar-refractivity contribution in [3.63, 3.8) is 0 Å². The molecule has 0 radical (unpaired) electrons. The Kier molecular flexibility index (Phi) is 5.20. The Bertz CT molecular complexity index is 504. The lowest BCUT2D eigenvalue weighted by atomic mass is 10.1. The number of benzene rings is 1. The summed E-state index contributed by atoms with van der Waals surface area (Å²) in [6, 6.07) is 5.95. The Hall–Kier alpha value is -1.59. The lowest BCUT2D eigenvalue weighted by Gasteiger charge is -2.26. The lowest BCUT2D eigenvalue weighted by Crippen LogP contribution is -2.38. The van der Waals surface area contributed by atoms with Gasteiger partial charge in [0.15, 0.2) is 0 Å². The van der Waals surface area contributed by atoms with Crippen molar-refractivity contribution in [1.29, 1.82) is 0 Å². The number of nitrogens with zero attached hydrogens (tertiary/aromatic N) is 1. The van der Waals surface area contributed by atoms with Gasteiger partial charge in [-0.1, -0.05) is 6.07 Å². The van der Waals surface area contributed by atoms with Gasteiger partial charge in [0.25, 0.3) is 0 Å². The molecule has 5 nitrogen and oxygen atoms in total. The van der Waals surface area contributed by atoms with Crippen molar-refractivity contribution in [3.8, 4) is 0 Å². The minimum absolute atomic E-state index is 0.0159. The van der Waals surface area contributed by atoms with Gasteiger partial charge in [0.1, 0.15) is 0 Å². The second kappa shape index (κ2) is 6.91. The van der Waals surface area contributed by atoms with Crippen LogP contribution in [0.15, 0.2) is 18.2 Å². The number of hydrogen-bond acceptors (Lipinski definition) is 4. The van der Waals surface area contributed by atoms with Crippen molar-refractivity contribution in [3.05, 3.63) is 23.8 Å². The highest BCUT2D eigenvalue weighted by Gasteiger charge is 2.27. The van der Waals surface area contributed by atoms with E-state index in [2.05, 4.69) is 24.2 Å².